The number of hydrogen-bond donors (Lipinski definition) is 1. The smallest absolute Gasteiger partial charge is 0.354 e. The Hall–Kier alpha value is -1.92. The van der Waals surface area contributed by atoms with Crippen LogP contribution in [0, 0.1) is 0 Å². The maximum absolute atomic E-state index is 12.5. The van der Waals surface area contributed by atoms with Crippen molar-refractivity contribution in [3.63, 3.8) is 0 Å². The Kier molecular flexibility index (Phi) is 4.19. The van der Waals surface area contributed by atoms with Gasteiger partial charge in [-0.25, -0.2) is 13.6 Å². The van der Waals surface area contributed by atoms with Crippen LogP contribution in [0.2, 0.25) is 0 Å². The monoisotopic (exact) mass is 247 g/mol. The second-order valence-electron chi connectivity index (χ2n) is 3.02. The number of hydrogen-bond acceptors (Lipinski definition) is 4. The average Bonchev–Trinajstić information content (AvgIpc) is 2.27. The fraction of sp³-hybridized carbons (Fsp3) is 0.400. The lowest BCUT2D eigenvalue weighted by atomic mass is 10.2. The Balaban J connectivity index is 3.27. The van der Waals surface area contributed by atoms with Crippen molar-refractivity contribution in [1.82, 2.24) is 4.98 Å². The van der Waals surface area contributed by atoms with Crippen LogP contribution in [0.1, 0.15) is 29.4 Å². The first-order chi connectivity index (χ1) is 8.01. The van der Waals surface area contributed by atoms with E-state index in [0.717, 1.165) is 13.2 Å². The number of nitrogens with one attached hydrogen (secondary N) is 1. The lowest BCUT2D eigenvalue weighted by Gasteiger charge is -2.08. The maximum Gasteiger partial charge on any atom is 0.354 e. The highest BCUT2D eigenvalue weighted by Gasteiger charge is 2.21. The van der Waals surface area contributed by atoms with Gasteiger partial charge in [0.1, 0.15) is 17.0 Å². The number of alkyl halides is 2. The van der Waals surface area contributed by atoms with E-state index in [1.807, 2.05) is 4.98 Å². The first-order valence-electron chi connectivity index (χ1n) is 4.77. The molecule has 0 aromatic carbocycles. The van der Waals surface area contributed by atoms with Crippen LogP contribution in [0.4, 0.5) is 8.78 Å². The summed E-state index contributed by atoms with van der Waals surface area (Å²) in [7, 11) is 1.13. The fourth-order valence-corrected chi connectivity index (χ4v) is 1.24. The molecular formula is C10H11F2NO4. The molecule has 7 heteroatoms. The molecule has 0 unspecified atom stereocenters. The molecule has 0 radical (unpaired) electrons. The maximum atomic E-state index is 12.5. The first kappa shape index (κ1) is 13.1. The van der Waals surface area contributed by atoms with Crippen molar-refractivity contribution in [3.8, 4) is 5.75 Å². The zero-order valence-electron chi connectivity index (χ0n) is 9.25. The van der Waals surface area contributed by atoms with E-state index >= 15 is 0 Å². The number of methoxy groups -OCH3 is 1. The molecule has 0 saturated carbocycles. The van der Waals surface area contributed by atoms with Crippen LogP contribution in [0.3, 0.4) is 0 Å². The van der Waals surface area contributed by atoms with Gasteiger partial charge in [0.25, 0.3) is 12.0 Å². The number of carbonyl (C=O) groups excluding carboxylic acids is 1. The van der Waals surface area contributed by atoms with Crippen LogP contribution in [-0.2, 0) is 4.74 Å². The second kappa shape index (κ2) is 5.42. The second-order valence-corrected chi connectivity index (χ2v) is 3.02. The summed E-state index contributed by atoms with van der Waals surface area (Å²) in [5, 5.41) is 0. The van der Waals surface area contributed by atoms with Crippen molar-refractivity contribution in [2.75, 3.05) is 13.7 Å². The first-order valence-corrected chi connectivity index (χ1v) is 4.77. The number of esters is 1. The third kappa shape index (κ3) is 2.80. The molecule has 0 atom stereocenters. The predicted molar refractivity (Wildman–Crippen MR) is 54.5 cm³/mol. The lowest BCUT2D eigenvalue weighted by Crippen LogP contribution is -2.20. The van der Waals surface area contributed by atoms with Gasteiger partial charge in [-0.3, -0.25) is 4.79 Å². The topological polar surface area (TPSA) is 68.4 Å². The van der Waals surface area contributed by atoms with Gasteiger partial charge in [0.05, 0.1) is 13.7 Å². The van der Waals surface area contributed by atoms with Crippen LogP contribution in [0.5, 0.6) is 5.75 Å². The SMILES string of the molecule is CCOC(=O)c1cc(OC)c(C(F)F)c(=O)[nH]1. The summed E-state index contributed by atoms with van der Waals surface area (Å²) in [4.78, 5) is 24.7. The molecule has 1 N–H and O–H groups in total. The minimum atomic E-state index is -2.98. The normalized spacial score (nSPS) is 10.4. The number of aromatic nitrogens is 1. The van der Waals surface area contributed by atoms with Crippen LogP contribution in [0.15, 0.2) is 10.9 Å². The summed E-state index contributed by atoms with van der Waals surface area (Å²) in [6.07, 6.45) is -2.98. The number of aromatic amines is 1. The molecular weight excluding hydrogens is 236 g/mol. The summed E-state index contributed by atoms with van der Waals surface area (Å²) in [6.45, 7) is 1.69. The zero-order valence-corrected chi connectivity index (χ0v) is 9.25. The fourth-order valence-electron chi connectivity index (χ4n) is 1.24. The Bertz CT molecular complexity index is 470. The number of H-pyrrole nitrogens is 1. The molecule has 1 aromatic rings. The Morgan fingerprint density at radius 1 is 1.53 bits per heavy atom. The number of halogens is 2. The van der Waals surface area contributed by atoms with Crippen molar-refractivity contribution in [3.05, 3.63) is 27.7 Å². The van der Waals surface area contributed by atoms with Gasteiger partial charge in [0, 0.05) is 6.07 Å². The van der Waals surface area contributed by atoms with E-state index in [1.165, 1.54) is 0 Å². The van der Waals surface area contributed by atoms with Crippen LogP contribution in [-0.4, -0.2) is 24.7 Å². The summed E-state index contributed by atoms with van der Waals surface area (Å²) >= 11 is 0. The van der Waals surface area contributed by atoms with E-state index in [1.54, 1.807) is 6.92 Å². The lowest BCUT2D eigenvalue weighted by molar-refractivity contribution is 0.0517. The molecule has 1 heterocycles. The van der Waals surface area contributed by atoms with Gasteiger partial charge >= 0.3 is 5.97 Å². The van der Waals surface area contributed by atoms with E-state index < -0.39 is 23.5 Å². The standard InChI is InChI=1S/C10H11F2NO4/c1-3-17-10(15)5-4-6(16-2)7(8(11)12)9(14)13-5/h4,8H,3H2,1-2H3,(H,13,14). The number of pyridine rings is 1. The van der Waals surface area contributed by atoms with Crippen molar-refractivity contribution in [2.24, 2.45) is 0 Å². The third-order valence-electron chi connectivity index (χ3n) is 1.97. The van der Waals surface area contributed by atoms with Crippen molar-refractivity contribution in [1.29, 1.82) is 0 Å². The molecule has 0 aliphatic rings. The van der Waals surface area contributed by atoms with E-state index in [0.29, 0.717) is 0 Å². The van der Waals surface area contributed by atoms with E-state index in [2.05, 4.69) is 9.47 Å². The highest BCUT2D eigenvalue weighted by atomic mass is 19.3. The third-order valence-corrected chi connectivity index (χ3v) is 1.97. The van der Waals surface area contributed by atoms with Gasteiger partial charge < -0.3 is 14.5 Å². The summed E-state index contributed by atoms with van der Waals surface area (Å²) in [5.41, 5.74) is -2.10. The summed E-state index contributed by atoms with van der Waals surface area (Å²) in [6, 6.07) is 1.01. The van der Waals surface area contributed by atoms with Crippen molar-refractivity contribution >= 4 is 5.97 Å². The molecule has 0 fully saturated rings. The van der Waals surface area contributed by atoms with Crippen LogP contribution < -0.4 is 10.3 Å². The van der Waals surface area contributed by atoms with Crippen molar-refractivity contribution in [2.45, 2.75) is 13.3 Å². The minimum absolute atomic E-state index is 0.111. The number of rotatable bonds is 4. The quantitative estimate of drug-likeness (QED) is 0.818. The molecule has 5 nitrogen and oxygen atoms in total. The molecule has 0 aliphatic carbocycles. The molecule has 0 spiro atoms. The molecule has 0 bridgehead atoms. The van der Waals surface area contributed by atoms with Crippen LogP contribution in [0.25, 0.3) is 0 Å². The molecule has 1 aromatic heterocycles. The van der Waals surface area contributed by atoms with Gasteiger partial charge in [0.2, 0.25) is 0 Å². The van der Waals surface area contributed by atoms with E-state index in [4.69, 9.17) is 0 Å². The average molecular weight is 247 g/mol. The predicted octanol–water partition coefficient (Wildman–Crippen LogP) is 1.50. The summed E-state index contributed by atoms with van der Waals surface area (Å²) in [5.74, 6) is -1.14. The van der Waals surface area contributed by atoms with Gasteiger partial charge in [-0.1, -0.05) is 0 Å². The van der Waals surface area contributed by atoms with Gasteiger partial charge in [-0.2, -0.15) is 0 Å². The molecule has 0 amide bonds. The minimum Gasteiger partial charge on any atom is -0.496 e. The van der Waals surface area contributed by atoms with Crippen LogP contribution >= 0.6 is 0 Å². The number of carbonyl (C=O) groups is 1. The molecule has 17 heavy (non-hydrogen) atoms. The Labute approximate surface area is 95.4 Å². The largest absolute Gasteiger partial charge is 0.496 e. The molecule has 0 saturated heterocycles. The zero-order chi connectivity index (χ0) is 13.0. The molecule has 0 aliphatic heterocycles. The highest BCUT2D eigenvalue weighted by molar-refractivity contribution is 5.87. The Morgan fingerprint density at radius 3 is 2.65 bits per heavy atom. The van der Waals surface area contributed by atoms with Gasteiger partial charge in [-0.15, -0.1) is 0 Å². The van der Waals surface area contributed by atoms with Gasteiger partial charge in [-0.05, 0) is 6.92 Å². The molecule has 1 rings (SSSR count). The van der Waals surface area contributed by atoms with E-state index in [9.17, 15) is 18.4 Å². The number of ether oxygens (including phenoxy) is 2. The van der Waals surface area contributed by atoms with Crippen molar-refractivity contribution < 1.29 is 23.0 Å². The van der Waals surface area contributed by atoms with E-state index in [-0.39, 0.29) is 18.1 Å². The molecule has 94 valence electrons. The van der Waals surface area contributed by atoms with Gasteiger partial charge in [0.15, 0.2) is 0 Å². The summed E-state index contributed by atoms with van der Waals surface area (Å²) < 4.78 is 34.4. The Morgan fingerprint density at radius 2 is 2.18 bits per heavy atom. The highest BCUT2D eigenvalue weighted by Crippen LogP contribution is 2.25.